The fourth-order valence-corrected chi connectivity index (χ4v) is 2.84. The van der Waals surface area contributed by atoms with Crippen molar-refractivity contribution in [1.29, 1.82) is 0 Å². The van der Waals surface area contributed by atoms with Crippen LogP contribution in [0.5, 0.6) is 0 Å². The molecule has 0 bridgehead atoms. The summed E-state index contributed by atoms with van der Waals surface area (Å²) in [6, 6.07) is 13.0. The van der Waals surface area contributed by atoms with Crippen molar-refractivity contribution in [2.75, 3.05) is 0 Å². The van der Waals surface area contributed by atoms with E-state index >= 15 is 0 Å². The summed E-state index contributed by atoms with van der Waals surface area (Å²) in [5.74, 6) is -0.503. The molecule has 0 fully saturated rings. The van der Waals surface area contributed by atoms with Gasteiger partial charge in [0.15, 0.2) is 9.84 Å². The van der Waals surface area contributed by atoms with Gasteiger partial charge in [-0.2, -0.15) is 0 Å². The zero-order valence-corrected chi connectivity index (χ0v) is 11.9. The van der Waals surface area contributed by atoms with Crippen LogP contribution in [0.25, 0.3) is 6.08 Å². The normalized spacial score (nSPS) is 11.9. The molecule has 0 radical (unpaired) electrons. The molecular formula is C16H15FO2S. The maximum atomic E-state index is 12.8. The molecule has 0 saturated carbocycles. The molecule has 0 aliphatic heterocycles. The number of benzene rings is 2. The average molecular weight is 290 g/mol. The van der Waals surface area contributed by atoms with Crippen molar-refractivity contribution in [3.05, 3.63) is 76.4 Å². The van der Waals surface area contributed by atoms with E-state index in [1.807, 2.05) is 31.2 Å². The van der Waals surface area contributed by atoms with E-state index in [1.165, 1.54) is 29.7 Å². The van der Waals surface area contributed by atoms with Crippen LogP contribution >= 0.6 is 0 Å². The minimum atomic E-state index is -3.36. The van der Waals surface area contributed by atoms with Crippen molar-refractivity contribution < 1.29 is 12.8 Å². The molecule has 0 unspecified atom stereocenters. The summed E-state index contributed by atoms with van der Waals surface area (Å²) in [4.78, 5) is 0. The molecule has 20 heavy (non-hydrogen) atoms. The Labute approximate surface area is 118 Å². The predicted octanol–water partition coefficient (Wildman–Crippen LogP) is 3.72. The van der Waals surface area contributed by atoms with Crippen LogP contribution in [0.3, 0.4) is 0 Å². The number of sulfone groups is 1. The minimum Gasteiger partial charge on any atom is -0.224 e. The van der Waals surface area contributed by atoms with E-state index in [2.05, 4.69) is 0 Å². The van der Waals surface area contributed by atoms with E-state index in [1.54, 1.807) is 6.08 Å². The summed E-state index contributed by atoms with van der Waals surface area (Å²) in [5, 5.41) is 1.20. The van der Waals surface area contributed by atoms with Gasteiger partial charge < -0.3 is 0 Å². The van der Waals surface area contributed by atoms with Gasteiger partial charge in [-0.1, -0.05) is 42.0 Å². The second-order valence-corrected chi connectivity index (χ2v) is 6.53. The zero-order chi connectivity index (χ0) is 14.6. The van der Waals surface area contributed by atoms with Crippen molar-refractivity contribution in [1.82, 2.24) is 0 Å². The highest BCUT2D eigenvalue weighted by molar-refractivity contribution is 7.93. The highest BCUT2D eigenvalue weighted by Crippen LogP contribution is 2.11. The zero-order valence-electron chi connectivity index (χ0n) is 11.1. The molecule has 4 heteroatoms. The molecule has 0 heterocycles. The summed E-state index contributed by atoms with van der Waals surface area (Å²) in [6.07, 6.45) is 1.57. The molecule has 0 spiro atoms. The van der Waals surface area contributed by atoms with E-state index in [9.17, 15) is 12.8 Å². The first-order valence-electron chi connectivity index (χ1n) is 6.16. The summed E-state index contributed by atoms with van der Waals surface area (Å²) >= 11 is 0. The topological polar surface area (TPSA) is 34.1 Å². The van der Waals surface area contributed by atoms with Gasteiger partial charge in [0.05, 0.1) is 5.75 Å². The maximum absolute atomic E-state index is 12.8. The molecule has 0 atom stereocenters. The molecule has 0 aliphatic rings. The standard InChI is InChI=1S/C16H15FO2S/c1-13-2-4-14(5-3-13)10-11-20(18,19)12-15-6-8-16(17)9-7-15/h2-11H,12H2,1H3. The lowest BCUT2D eigenvalue weighted by Crippen LogP contribution is -1.99. The van der Waals surface area contributed by atoms with Gasteiger partial charge in [0.1, 0.15) is 5.82 Å². The average Bonchev–Trinajstić information content (AvgIpc) is 2.41. The van der Waals surface area contributed by atoms with Crippen LogP contribution in [0.2, 0.25) is 0 Å². The molecule has 2 aromatic rings. The summed E-state index contributed by atoms with van der Waals surface area (Å²) in [7, 11) is -3.36. The monoisotopic (exact) mass is 290 g/mol. The Balaban J connectivity index is 2.11. The number of hydrogen-bond donors (Lipinski definition) is 0. The Morgan fingerprint density at radius 3 is 2.20 bits per heavy atom. The van der Waals surface area contributed by atoms with E-state index in [-0.39, 0.29) is 11.6 Å². The lowest BCUT2D eigenvalue weighted by atomic mass is 10.2. The summed E-state index contributed by atoms with van der Waals surface area (Å²) in [6.45, 7) is 1.97. The molecule has 104 valence electrons. The fourth-order valence-electron chi connectivity index (χ4n) is 1.72. The van der Waals surface area contributed by atoms with Crippen LogP contribution in [-0.2, 0) is 15.6 Å². The van der Waals surface area contributed by atoms with Gasteiger partial charge in [0.2, 0.25) is 0 Å². The van der Waals surface area contributed by atoms with Crippen molar-refractivity contribution in [3.63, 3.8) is 0 Å². The third-order valence-corrected chi connectivity index (χ3v) is 4.11. The van der Waals surface area contributed by atoms with Crippen molar-refractivity contribution in [2.45, 2.75) is 12.7 Å². The Hall–Kier alpha value is -1.94. The van der Waals surface area contributed by atoms with E-state index < -0.39 is 9.84 Å². The Morgan fingerprint density at radius 1 is 1.00 bits per heavy atom. The molecule has 0 aliphatic carbocycles. The number of hydrogen-bond acceptors (Lipinski definition) is 2. The second kappa shape index (κ2) is 6.01. The van der Waals surface area contributed by atoms with Gasteiger partial charge in [-0.15, -0.1) is 0 Å². The van der Waals surface area contributed by atoms with E-state index in [4.69, 9.17) is 0 Å². The van der Waals surface area contributed by atoms with Gasteiger partial charge in [-0.05, 0) is 36.3 Å². The van der Waals surface area contributed by atoms with Crippen LogP contribution < -0.4 is 0 Å². The van der Waals surface area contributed by atoms with Crippen LogP contribution in [0.15, 0.2) is 53.9 Å². The number of rotatable bonds is 4. The maximum Gasteiger partial charge on any atom is 0.175 e. The first-order chi connectivity index (χ1) is 9.44. The van der Waals surface area contributed by atoms with Crippen molar-refractivity contribution in [3.8, 4) is 0 Å². The first-order valence-corrected chi connectivity index (χ1v) is 7.88. The Bertz CT molecular complexity index is 699. The van der Waals surface area contributed by atoms with Gasteiger partial charge in [0, 0.05) is 5.41 Å². The molecule has 2 rings (SSSR count). The Morgan fingerprint density at radius 2 is 1.60 bits per heavy atom. The van der Waals surface area contributed by atoms with Crippen LogP contribution in [0.4, 0.5) is 4.39 Å². The number of aryl methyl sites for hydroxylation is 1. The third-order valence-electron chi connectivity index (χ3n) is 2.83. The van der Waals surface area contributed by atoms with Gasteiger partial charge in [-0.3, -0.25) is 0 Å². The second-order valence-electron chi connectivity index (χ2n) is 4.65. The van der Waals surface area contributed by atoms with Gasteiger partial charge >= 0.3 is 0 Å². The summed E-state index contributed by atoms with van der Waals surface area (Å²) < 4.78 is 36.6. The van der Waals surface area contributed by atoms with Crippen molar-refractivity contribution in [2.24, 2.45) is 0 Å². The first kappa shape index (κ1) is 14.5. The number of halogens is 1. The molecule has 0 amide bonds. The smallest absolute Gasteiger partial charge is 0.175 e. The van der Waals surface area contributed by atoms with Crippen LogP contribution in [0, 0.1) is 12.7 Å². The third kappa shape index (κ3) is 4.31. The molecule has 0 N–H and O–H groups in total. The van der Waals surface area contributed by atoms with Crippen LogP contribution in [0.1, 0.15) is 16.7 Å². The minimum absolute atomic E-state index is 0.129. The van der Waals surface area contributed by atoms with Crippen molar-refractivity contribution >= 4 is 15.9 Å². The van der Waals surface area contributed by atoms with Gasteiger partial charge in [0.25, 0.3) is 0 Å². The van der Waals surface area contributed by atoms with Crippen LogP contribution in [-0.4, -0.2) is 8.42 Å². The van der Waals surface area contributed by atoms with E-state index in [0.29, 0.717) is 5.56 Å². The highest BCUT2D eigenvalue weighted by atomic mass is 32.2. The molecule has 2 aromatic carbocycles. The fraction of sp³-hybridized carbons (Fsp3) is 0.125. The highest BCUT2D eigenvalue weighted by Gasteiger charge is 2.07. The Kier molecular flexibility index (Phi) is 4.35. The summed E-state index contributed by atoms with van der Waals surface area (Å²) in [5.41, 5.74) is 2.52. The molecule has 0 aromatic heterocycles. The SMILES string of the molecule is Cc1ccc(C=CS(=O)(=O)Cc2ccc(F)cc2)cc1. The largest absolute Gasteiger partial charge is 0.224 e. The van der Waals surface area contributed by atoms with E-state index in [0.717, 1.165) is 11.1 Å². The lowest BCUT2D eigenvalue weighted by Gasteiger charge is -2.00. The molecule has 2 nitrogen and oxygen atoms in total. The van der Waals surface area contributed by atoms with Gasteiger partial charge in [-0.25, -0.2) is 12.8 Å². The lowest BCUT2D eigenvalue weighted by molar-refractivity contribution is 0.603. The predicted molar refractivity (Wildman–Crippen MR) is 79.2 cm³/mol. The molecule has 0 saturated heterocycles. The quantitative estimate of drug-likeness (QED) is 0.860. The molecular weight excluding hydrogens is 275 g/mol.